The third-order valence-corrected chi connectivity index (χ3v) is 3.34. The zero-order chi connectivity index (χ0) is 14.7. The molecule has 0 aliphatic heterocycles. The van der Waals surface area contributed by atoms with Crippen molar-refractivity contribution in [2.24, 2.45) is 0 Å². The standard InChI is InChI=1S/C13H8BrClN2O3/c14-8-5-6-10(15)11(7-8)16-13(18)9-3-1-2-4-12(9)17(19)20/h1-7H,(H,16,18). The van der Waals surface area contributed by atoms with Gasteiger partial charge in [0.25, 0.3) is 11.6 Å². The van der Waals surface area contributed by atoms with E-state index in [1.807, 2.05) is 0 Å². The van der Waals surface area contributed by atoms with Crippen LogP contribution in [0.15, 0.2) is 46.9 Å². The van der Waals surface area contributed by atoms with E-state index in [1.165, 1.54) is 18.2 Å². The van der Waals surface area contributed by atoms with E-state index in [0.717, 1.165) is 4.47 Å². The number of carbonyl (C=O) groups excluding carboxylic acids is 1. The van der Waals surface area contributed by atoms with Crippen LogP contribution in [0.3, 0.4) is 0 Å². The number of nitrogens with zero attached hydrogens (tertiary/aromatic N) is 1. The molecule has 102 valence electrons. The minimum atomic E-state index is -0.600. The molecule has 0 heterocycles. The molecule has 0 bridgehead atoms. The molecule has 2 rings (SSSR count). The lowest BCUT2D eigenvalue weighted by Gasteiger charge is -2.08. The average molecular weight is 356 g/mol. The van der Waals surface area contributed by atoms with Gasteiger partial charge in [0.2, 0.25) is 0 Å². The number of nitro benzene ring substituents is 1. The summed E-state index contributed by atoms with van der Waals surface area (Å²) in [5.74, 6) is -0.586. The molecule has 0 saturated carbocycles. The molecular formula is C13H8BrClN2O3. The Morgan fingerprint density at radius 3 is 2.65 bits per heavy atom. The lowest BCUT2D eigenvalue weighted by atomic mass is 10.1. The third kappa shape index (κ3) is 3.15. The highest BCUT2D eigenvalue weighted by atomic mass is 79.9. The summed E-state index contributed by atoms with van der Waals surface area (Å²) in [5, 5.41) is 13.8. The Morgan fingerprint density at radius 2 is 1.95 bits per heavy atom. The van der Waals surface area contributed by atoms with Crippen molar-refractivity contribution in [1.82, 2.24) is 0 Å². The molecule has 20 heavy (non-hydrogen) atoms. The van der Waals surface area contributed by atoms with Crippen LogP contribution in [0.25, 0.3) is 0 Å². The normalized spacial score (nSPS) is 10.1. The summed E-state index contributed by atoms with van der Waals surface area (Å²) in [6.45, 7) is 0. The maximum absolute atomic E-state index is 12.1. The molecule has 5 nitrogen and oxygen atoms in total. The summed E-state index contributed by atoms with van der Waals surface area (Å²) in [6, 6.07) is 10.7. The third-order valence-electron chi connectivity index (χ3n) is 2.52. The fraction of sp³-hybridized carbons (Fsp3) is 0. The Morgan fingerprint density at radius 1 is 1.25 bits per heavy atom. The largest absolute Gasteiger partial charge is 0.320 e. The van der Waals surface area contributed by atoms with Crippen LogP contribution < -0.4 is 5.32 Å². The molecule has 2 aromatic carbocycles. The van der Waals surface area contributed by atoms with Gasteiger partial charge >= 0.3 is 0 Å². The summed E-state index contributed by atoms with van der Waals surface area (Å²) in [5.41, 5.74) is 0.105. The molecule has 1 N–H and O–H groups in total. The van der Waals surface area contributed by atoms with Gasteiger partial charge in [0.1, 0.15) is 5.56 Å². The van der Waals surface area contributed by atoms with Crippen LogP contribution in [-0.2, 0) is 0 Å². The molecule has 2 aromatic rings. The van der Waals surface area contributed by atoms with E-state index >= 15 is 0 Å². The zero-order valence-electron chi connectivity index (χ0n) is 9.97. The Hall–Kier alpha value is -1.92. The van der Waals surface area contributed by atoms with Crippen molar-refractivity contribution in [2.45, 2.75) is 0 Å². The van der Waals surface area contributed by atoms with E-state index < -0.39 is 10.8 Å². The average Bonchev–Trinajstić information content (AvgIpc) is 2.42. The van der Waals surface area contributed by atoms with E-state index in [2.05, 4.69) is 21.2 Å². The number of halogens is 2. The van der Waals surface area contributed by atoms with E-state index in [-0.39, 0.29) is 11.3 Å². The zero-order valence-corrected chi connectivity index (χ0v) is 12.3. The van der Waals surface area contributed by atoms with Gasteiger partial charge in [0, 0.05) is 10.5 Å². The summed E-state index contributed by atoms with van der Waals surface area (Å²) in [4.78, 5) is 22.4. The second-order valence-electron chi connectivity index (χ2n) is 3.85. The number of rotatable bonds is 3. The second kappa shape index (κ2) is 6.02. The van der Waals surface area contributed by atoms with Crippen molar-refractivity contribution in [2.75, 3.05) is 5.32 Å². The van der Waals surface area contributed by atoms with Crippen LogP contribution in [0, 0.1) is 10.1 Å². The minimum Gasteiger partial charge on any atom is -0.320 e. The predicted octanol–water partition coefficient (Wildman–Crippen LogP) is 4.26. The smallest absolute Gasteiger partial charge is 0.282 e. The molecule has 7 heteroatoms. The van der Waals surface area contributed by atoms with Crippen LogP contribution in [-0.4, -0.2) is 10.8 Å². The number of anilines is 1. The number of hydrogen-bond donors (Lipinski definition) is 1. The summed E-state index contributed by atoms with van der Waals surface area (Å²) >= 11 is 9.22. The highest BCUT2D eigenvalue weighted by molar-refractivity contribution is 9.10. The van der Waals surface area contributed by atoms with Crippen LogP contribution >= 0.6 is 27.5 Å². The molecule has 0 atom stereocenters. The maximum atomic E-state index is 12.1. The van der Waals surface area contributed by atoms with Crippen molar-refractivity contribution in [3.8, 4) is 0 Å². The Kier molecular flexibility index (Phi) is 4.36. The Balaban J connectivity index is 2.33. The van der Waals surface area contributed by atoms with Gasteiger partial charge in [-0.15, -0.1) is 0 Å². The molecule has 0 radical (unpaired) electrons. The van der Waals surface area contributed by atoms with E-state index in [9.17, 15) is 14.9 Å². The number of amides is 1. The van der Waals surface area contributed by atoms with Crippen LogP contribution in [0.2, 0.25) is 5.02 Å². The molecule has 0 fully saturated rings. The van der Waals surface area contributed by atoms with Crippen LogP contribution in [0.4, 0.5) is 11.4 Å². The first-order chi connectivity index (χ1) is 9.49. The summed E-state index contributed by atoms with van der Waals surface area (Å²) < 4.78 is 0.736. The quantitative estimate of drug-likeness (QED) is 0.660. The van der Waals surface area contributed by atoms with Gasteiger partial charge in [-0.2, -0.15) is 0 Å². The summed E-state index contributed by atoms with van der Waals surface area (Å²) in [7, 11) is 0. The fourth-order valence-corrected chi connectivity index (χ4v) is 2.13. The van der Waals surface area contributed by atoms with Crippen LogP contribution in [0.5, 0.6) is 0 Å². The molecule has 0 spiro atoms. The van der Waals surface area contributed by atoms with Gasteiger partial charge in [-0.3, -0.25) is 14.9 Å². The molecule has 0 aromatic heterocycles. The van der Waals surface area contributed by atoms with Crippen molar-refractivity contribution < 1.29 is 9.72 Å². The Labute approximate surface area is 127 Å². The van der Waals surface area contributed by atoms with Crippen molar-refractivity contribution in [1.29, 1.82) is 0 Å². The van der Waals surface area contributed by atoms with E-state index in [4.69, 9.17) is 11.6 Å². The second-order valence-corrected chi connectivity index (χ2v) is 5.18. The van der Waals surface area contributed by atoms with Crippen molar-refractivity contribution in [3.05, 3.63) is 67.6 Å². The topological polar surface area (TPSA) is 72.2 Å². The number of carbonyl (C=O) groups is 1. The summed E-state index contributed by atoms with van der Waals surface area (Å²) in [6.07, 6.45) is 0. The first kappa shape index (κ1) is 14.5. The fourth-order valence-electron chi connectivity index (χ4n) is 1.61. The van der Waals surface area contributed by atoms with Gasteiger partial charge in [-0.25, -0.2) is 0 Å². The number of benzene rings is 2. The van der Waals surface area contributed by atoms with Crippen molar-refractivity contribution >= 4 is 44.8 Å². The first-order valence-electron chi connectivity index (χ1n) is 5.49. The highest BCUT2D eigenvalue weighted by Crippen LogP contribution is 2.27. The Bertz CT molecular complexity index is 691. The monoisotopic (exact) mass is 354 g/mol. The van der Waals surface area contributed by atoms with E-state index in [0.29, 0.717) is 10.7 Å². The SMILES string of the molecule is O=C(Nc1cc(Br)ccc1Cl)c1ccccc1[N+](=O)[O-]. The van der Waals surface area contributed by atoms with Gasteiger partial charge in [-0.1, -0.05) is 39.7 Å². The molecular weight excluding hydrogens is 348 g/mol. The molecule has 0 aliphatic carbocycles. The van der Waals surface area contributed by atoms with E-state index in [1.54, 1.807) is 24.3 Å². The lowest BCUT2D eigenvalue weighted by Crippen LogP contribution is -2.14. The predicted molar refractivity (Wildman–Crippen MR) is 80.2 cm³/mol. The first-order valence-corrected chi connectivity index (χ1v) is 6.66. The van der Waals surface area contributed by atoms with Gasteiger partial charge in [0.15, 0.2) is 0 Å². The van der Waals surface area contributed by atoms with Gasteiger partial charge in [-0.05, 0) is 24.3 Å². The molecule has 0 unspecified atom stereocenters. The lowest BCUT2D eigenvalue weighted by molar-refractivity contribution is -0.385. The van der Waals surface area contributed by atoms with Crippen LogP contribution in [0.1, 0.15) is 10.4 Å². The number of hydrogen-bond acceptors (Lipinski definition) is 3. The number of nitro groups is 1. The van der Waals surface area contributed by atoms with Gasteiger partial charge in [0.05, 0.1) is 15.6 Å². The molecule has 0 aliphatic rings. The van der Waals surface area contributed by atoms with Crippen molar-refractivity contribution in [3.63, 3.8) is 0 Å². The number of para-hydroxylation sites is 1. The molecule has 0 saturated heterocycles. The minimum absolute atomic E-state index is 0.0199. The number of nitrogens with one attached hydrogen (secondary N) is 1. The maximum Gasteiger partial charge on any atom is 0.282 e. The van der Waals surface area contributed by atoms with Gasteiger partial charge < -0.3 is 5.32 Å². The highest BCUT2D eigenvalue weighted by Gasteiger charge is 2.19. The molecule has 1 amide bonds.